The predicted octanol–water partition coefficient (Wildman–Crippen LogP) is 5.01. The predicted molar refractivity (Wildman–Crippen MR) is 120 cm³/mol. The number of esters is 1. The fourth-order valence-electron chi connectivity index (χ4n) is 3.18. The van der Waals surface area contributed by atoms with E-state index < -0.39 is 12.1 Å². The molecule has 170 valence electrons. The normalized spacial score (nSPS) is 11.8. The number of para-hydroxylation sites is 1. The van der Waals surface area contributed by atoms with Crippen LogP contribution in [0.1, 0.15) is 23.9 Å². The second-order valence-corrected chi connectivity index (χ2v) is 7.34. The van der Waals surface area contributed by atoms with Crippen LogP contribution >= 0.6 is 11.6 Å². The molecule has 0 aliphatic rings. The van der Waals surface area contributed by atoms with Crippen molar-refractivity contribution in [1.82, 2.24) is 4.98 Å². The molecule has 0 saturated heterocycles. The molecule has 1 unspecified atom stereocenters. The Bertz CT molecular complexity index is 1060. The van der Waals surface area contributed by atoms with E-state index in [4.69, 9.17) is 35.0 Å². The van der Waals surface area contributed by atoms with Crippen molar-refractivity contribution >= 4 is 17.6 Å². The molecule has 0 aliphatic heterocycles. The second kappa shape index (κ2) is 11.0. The Balaban J connectivity index is 1.69. The van der Waals surface area contributed by atoms with Crippen LogP contribution in [-0.4, -0.2) is 37.9 Å². The van der Waals surface area contributed by atoms with E-state index in [0.717, 1.165) is 11.1 Å². The van der Waals surface area contributed by atoms with E-state index in [0.29, 0.717) is 46.9 Å². The van der Waals surface area contributed by atoms with Gasteiger partial charge in [-0.2, -0.15) is 0 Å². The number of halogens is 1. The average Bonchev–Trinajstić information content (AvgIpc) is 3.18. The molecule has 32 heavy (non-hydrogen) atoms. The highest BCUT2D eigenvalue weighted by molar-refractivity contribution is 6.31. The van der Waals surface area contributed by atoms with Crippen LogP contribution in [0.15, 0.2) is 46.9 Å². The summed E-state index contributed by atoms with van der Waals surface area (Å²) in [6.45, 7) is 4.26. The van der Waals surface area contributed by atoms with Crippen molar-refractivity contribution in [3.8, 4) is 23.0 Å². The summed E-state index contributed by atoms with van der Waals surface area (Å²) < 4.78 is 27.3. The number of oxazole rings is 1. The van der Waals surface area contributed by atoms with Crippen molar-refractivity contribution in [3.63, 3.8) is 0 Å². The lowest BCUT2D eigenvalue weighted by molar-refractivity contribution is -0.153. The van der Waals surface area contributed by atoms with Crippen LogP contribution in [0.2, 0.25) is 5.02 Å². The molecule has 3 aromatic rings. The van der Waals surface area contributed by atoms with Gasteiger partial charge in [0.25, 0.3) is 0 Å². The molecule has 7 nitrogen and oxygen atoms in total. The zero-order chi connectivity index (χ0) is 23.1. The van der Waals surface area contributed by atoms with Crippen LogP contribution in [-0.2, 0) is 27.3 Å². The van der Waals surface area contributed by atoms with Crippen molar-refractivity contribution in [2.24, 2.45) is 0 Å². The van der Waals surface area contributed by atoms with Gasteiger partial charge in [0, 0.05) is 18.1 Å². The van der Waals surface area contributed by atoms with Crippen molar-refractivity contribution in [1.29, 1.82) is 0 Å². The Labute approximate surface area is 192 Å². The van der Waals surface area contributed by atoms with Gasteiger partial charge in [0.2, 0.25) is 5.89 Å². The molecule has 0 bridgehead atoms. The molecule has 1 heterocycles. The lowest BCUT2D eigenvalue weighted by atomic mass is 10.1. The van der Waals surface area contributed by atoms with Crippen molar-refractivity contribution in [3.05, 3.63) is 64.5 Å². The third-order valence-corrected chi connectivity index (χ3v) is 5.22. The van der Waals surface area contributed by atoms with Gasteiger partial charge >= 0.3 is 5.97 Å². The minimum Gasteiger partial charge on any atom is -0.496 e. The molecule has 2 aromatic carbocycles. The third-order valence-electron chi connectivity index (χ3n) is 4.87. The zero-order valence-electron chi connectivity index (χ0n) is 18.5. The quantitative estimate of drug-likeness (QED) is 0.394. The Hall–Kier alpha value is -3.03. The first-order valence-electron chi connectivity index (χ1n) is 10.2. The summed E-state index contributed by atoms with van der Waals surface area (Å²) >= 11 is 6.42. The molecule has 0 radical (unpaired) electrons. The van der Waals surface area contributed by atoms with Crippen molar-refractivity contribution in [2.75, 3.05) is 20.8 Å². The monoisotopic (exact) mass is 459 g/mol. The van der Waals surface area contributed by atoms with E-state index in [1.54, 1.807) is 19.2 Å². The fourth-order valence-corrected chi connectivity index (χ4v) is 3.42. The molecule has 3 rings (SSSR count). The summed E-state index contributed by atoms with van der Waals surface area (Å²) in [5.41, 5.74) is 2.21. The molecule has 0 saturated carbocycles. The lowest BCUT2D eigenvalue weighted by Crippen LogP contribution is -2.28. The van der Waals surface area contributed by atoms with Gasteiger partial charge in [-0.05, 0) is 43.7 Å². The van der Waals surface area contributed by atoms with E-state index in [2.05, 4.69) is 4.98 Å². The minimum atomic E-state index is -0.708. The highest BCUT2D eigenvalue weighted by Gasteiger charge is 2.21. The average molecular weight is 460 g/mol. The first-order valence-corrected chi connectivity index (χ1v) is 10.5. The van der Waals surface area contributed by atoms with Gasteiger partial charge < -0.3 is 23.4 Å². The van der Waals surface area contributed by atoms with Gasteiger partial charge in [-0.1, -0.05) is 29.8 Å². The summed E-state index contributed by atoms with van der Waals surface area (Å²) in [7, 11) is 2.94. The number of nitrogens with zero attached hydrogens (tertiary/aromatic N) is 1. The maximum Gasteiger partial charge on any atom is 0.335 e. The maximum absolute atomic E-state index is 11.9. The Kier molecular flexibility index (Phi) is 8.14. The van der Waals surface area contributed by atoms with E-state index >= 15 is 0 Å². The number of carbonyl (C=O) groups is 1. The van der Waals surface area contributed by atoms with Gasteiger partial charge in [0.05, 0.1) is 19.8 Å². The van der Waals surface area contributed by atoms with Gasteiger partial charge in [0.15, 0.2) is 6.10 Å². The van der Waals surface area contributed by atoms with Crippen LogP contribution < -0.4 is 9.47 Å². The summed E-state index contributed by atoms with van der Waals surface area (Å²) in [4.78, 5) is 16.4. The van der Waals surface area contributed by atoms with E-state index in [9.17, 15) is 4.79 Å². The first-order chi connectivity index (χ1) is 15.5. The summed E-state index contributed by atoms with van der Waals surface area (Å²) in [6, 6.07) is 12.8. The summed E-state index contributed by atoms with van der Waals surface area (Å²) in [6.07, 6.45) is -0.398. The van der Waals surface area contributed by atoms with Crippen molar-refractivity contribution < 1.29 is 28.2 Å². The van der Waals surface area contributed by atoms with Crippen LogP contribution in [0.25, 0.3) is 11.5 Å². The highest BCUT2D eigenvalue weighted by Crippen LogP contribution is 2.31. The molecule has 0 fully saturated rings. The fraction of sp³-hybridized carbons (Fsp3) is 0.333. The van der Waals surface area contributed by atoms with E-state index in [1.165, 1.54) is 7.11 Å². The Morgan fingerprint density at radius 3 is 2.66 bits per heavy atom. The molecule has 1 aromatic heterocycles. The number of hydrogen-bond acceptors (Lipinski definition) is 7. The summed E-state index contributed by atoms with van der Waals surface area (Å²) in [5, 5.41) is 0.475. The second-order valence-electron chi connectivity index (χ2n) is 6.94. The lowest BCUT2D eigenvalue weighted by Gasteiger charge is -2.16. The van der Waals surface area contributed by atoms with Crippen LogP contribution in [0, 0.1) is 6.92 Å². The topological polar surface area (TPSA) is 80.0 Å². The van der Waals surface area contributed by atoms with Gasteiger partial charge in [-0.15, -0.1) is 0 Å². The van der Waals surface area contributed by atoms with Gasteiger partial charge in [0.1, 0.15) is 29.6 Å². The molecule has 8 heteroatoms. The number of carbonyl (C=O) groups excluding carboxylic acids is 1. The van der Waals surface area contributed by atoms with Crippen LogP contribution in [0.5, 0.6) is 11.5 Å². The molecule has 0 N–H and O–H groups in total. The first kappa shape index (κ1) is 23.6. The number of methoxy groups -OCH3 is 2. The SMILES string of the molecule is CCOC(Cc1ccc(OCc2nc(-c3ccccc3OC)oc2C)cc1Cl)C(=O)OC. The maximum atomic E-state index is 11.9. The van der Waals surface area contributed by atoms with Crippen LogP contribution in [0.4, 0.5) is 0 Å². The standard InChI is InChI=1S/C24H26ClNO6/c1-5-30-22(24(27)29-4)12-16-10-11-17(13-19(16)25)31-14-20-15(2)32-23(26-20)18-8-6-7-9-21(18)28-3/h6-11,13,22H,5,12,14H2,1-4H3. The Morgan fingerprint density at radius 1 is 1.19 bits per heavy atom. The molecule has 0 spiro atoms. The molecular formula is C24H26ClNO6. The van der Waals surface area contributed by atoms with Gasteiger partial charge in [-0.3, -0.25) is 0 Å². The molecule has 1 atom stereocenters. The number of benzene rings is 2. The zero-order valence-corrected chi connectivity index (χ0v) is 19.3. The summed E-state index contributed by atoms with van der Waals surface area (Å²) in [5.74, 6) is 1.95. The molecule has 0 aliphatic carbocycles. The van der Waals surface area contributed by atoms with Crippen molar-refractivity contribution in [2.45, 2.75) is 33.0 Å². The van der Waals surface area contributed by atoms with E-state index in [-0.39, 0.29) is 6.61 Å². The number of aryl methyl sites for hydroxylation is 1. The highest BCUT2D eigenvalue weighted by atomic mass is 35.5. The van der Waals surface area contributed by atoms with Gasteiger partial charge in [-0.25, -0.2) is 9.78 Å². The number of hydrogen-bond donors (Lipinski definition) is 0. The smallest absolute Gasteiger partial charge is 0.335 e. The number of rotatable bonds is 10. The molecule has 0 amide bonds. The van der Waals surface area contributed by atoms with Crippen LogP contribution in [0.3, 0.4) is 0 Å². The number of aromatic nitrogens is 1. The Morgan fingerprint density at radius 2 is 1.97 bits per heavy atom. The molecular weight excluding hydrogens is 434 g/mol. The minimum absolute atomic E-state index is 0.212. The number of ether oxygens (including phenoxy) is 4. The van der Waals surface area contributed by atoms with E-state index in [1.807, 2.05) is 44.2 Å². The third kappa shape index (κ3) is 5.60. The largest absolute Gasteiger partial charge is 0.496 e.